The van der Waals surface area contributed by atoms with Crippen LogP contribution < -0.4 is 25.9 Å². The third-order valence-electron chi connectivity index (χ3n) is 8.17. The van der Waals surface area contributed by atoms with Crippen LogP contribution in [0.25, 0.3) is 10.9 Å². The monoisotopic (exact) mass is 617 g/mol. The van der Waals surface area contributed by atoms with E-state index >= 15 is 8.78 Å². The molecule has 2 aliphatic heterocycles. The van der Waals surface area contributed by atoms with E-state index < -0.39 is 56.0 Å². The largest absolute Gasteiger partial charge is 0.477 e. The van der Waals surface area contributed by atoms with E-state index in [0.29, 0.717) is 31.7 Å². The van der Waals surface area contributed by atoms with Crippen LogP contribution in [0.15, 0.2) is 41.3 Å². The van der Waals surface area contributed by atoms with Crippen LogP contribution in [-0.4, -0.2) is 80.6 Å². The molecule has 228 valence electrons. The lowest BCUT2D eigenvalue weighted by atomic mass is 10.1. The number of benzene rings is 2. The van der Waals surface area contributed by atoms with Crippen LogP contribution in [0, 0.1) is 11.6 Å². The normalized spacial score (nSPS) is 20.0. The van der Waals surface area contributed by atoms with E-state index in [-0.39, 0.29) is 35.0 Å². The van der Waals surface area contributed by atoms with E-state index in [2.05, 4.69) is 0 Å². The Bertz CT molecular complexity index is 1820. The van der Waals surface area contributed by atoms with Crippen molar-refractivity contribution >= 4 is 49.9 Å². The zero-order chi connectivity index (χ0) is 30.8. The van der Waals surface area contributed by atoms with Crippen LogP contribution >= 0.6 is 0 Å². The first-order valence-corrected chi connectivity index (χ1v) is 15.6. The van der Waals surface area contributed by atoms with E-state index in [1.54, 1.807) is 20.4 Å². The van der Waals surface area contributed by atoms with Gasteiger partial charge in [-0.1, -0.05) is 0 Å². The molecule has 3 heterocycles. The fourth-order valence-corrected chi connectivity index (χ4v) is 6.35. The van der Waals surface area contributed by atoms with Crippen LogP contribution in [-0.2, 0) is 14.6 Å². The highest BCUT2D eigenvalue weighted by Gasteiger charge is 2.40. The number of rotatable bonds is 7. The lowest BCUT2D eigenvalue weighted by molar-refractivity contribution is 0.0694. The second-order valence-corrected chi connectivity index (χ2v) is 13.3. The molecule has 2 saturated heterocycles. The molecule has 3 fully saturated rings. The van der Waals surface area contributed by atoms with E-state index in [1.165, 1.54) is 24.4 Å². The second-order valence-electron chi connectivity index (χ2n) is 11.1. The first-order chi connectivity index (χ1) is 20.3. The van der Waals surface area contributed by atoms with Crippen LogP contribution in [0.3, 0.4) is 0 Å². The van der Waals surface area contributed by atoms with Crippen molar-refractivity contribution < 1.29 is 36.6 Å². The number of sulfone groups is 1. The Morgan fingerprint density at radius 3 is 2.23 bits per heavy atom. The van der Waals surface area contributed by atoms with E-state index in [4.69, 9.17) is 10.5 Å². The van der Waals surface area contributed by atoms with Crippen molar-refractivity contribution in [2.24, 2.45) is 5.73 Å². The molecule has 3 aromatic rings. The number of fused-ring (bicyclic) bond motifs is 1. The molecule has 0 radical (unpaired) electrons. The summed E-state index contributed by atoms with van der Waals surface area (Å²) in [7, 11) is -3.66. The van der Waals surface area contributed by atoms with Gasteiger partial charge in [0.1, 0.15) is 22.6 Å². The molecule has 0 bridgehead atoms. The Morgan fingerprint density at radius 1 is 1.02 bits per heavy atom. The number of cyclic esters (lactones) is 1. The number of carboxylic acids is 1. The number of carbonyl (C=O) groups is 2. The molecule has 2 aromatic carbocycles. The second kappa shape index (κ2) is 10.5. The average Bonchev–Trinajstić information content (AvgIpc) is 3.73. The number of nitrogens with zero attached hydrogens (tertiary/aromatic N) is 4. The molecule has 1 unspecified atom stereocenters. The summed E-state index contributed by atoms with van der Waals surface area (Å²) in [5, 5.41) is 8.07. The fraction of sp³-hybridized carbons (Fsp3) is 0.393. The summed E-state index contributed by atoms with van der Waals surface area (Å²) in [6.45, 7) is 1.23. The highest BCUT2D eigenvalue weighted by atomic mass is 32.2. The van der Waals surface area contributed by atoms with E-state index in [1.807, 2.05) is 0 Å². The molecule has 1 aromatic heterocycles. The highest BCUT2D eigenvalue weighted by molar-refractivity contribution is 7.91. The summed E-state index contributed by atoms with van der Waals surface area (Å²) in [4.78, 5) is 41.5. The molecule has 0 spiro atoms. The van der Waals surface area contributed by atoms with E-state index in [0.717, 1.165) is 30.1 Å². The number of pyridine rings is 1. The Morgan fingerprint density at radius 2 is 1.65 bits per heavy atom. The molecule has 12 nitrogen and oxygen atoms in total. The van der Waals surface area contributed by atoms with Crippen LogP contribution in [0.1, 0.15) is 29.2 Å². The smallest absolute Gasteiger partial charge is 0.414 e. The third-order valence-corrected chi connectivity index (χ3v) is 9.46. The molecule has 1 amide bonds. The van der Waals surface area contributed by atoms with Crippen molar-refractivity contribution in [2.45, 2.75) is 30.4 Å². The maximum absolute atomic E-state index is 15.3. The number of halogens is 2. The topological polar surface area (TPSA) is 155 Å². The van der Waals surface area contributed by atoms with Crippen molar-refractivity contribution in [2.75, 3.05) is 53.7 Å². The molecule has 15 heteroatoms. The summed E-state index contributed by atoms with van der Waals surface area (Å²) >= 11 is 0. The first-order valence-electron chi connectivity index (χ1n) is 13.7. The standard InChI is InChI=1S/C28H29F2N5O7S/c1-43(40,41)26(31)24-14-35(28(39)42-24)16-4-5-21(19(29)10-16)32-6-8-33(9-7-32)23-12-22-17(11-20(23)30)25(36)18(27(37)38)13-34(22)15-2-3-15/h4-5,10-13,15,24,26H,2-3,6-9,14,31H2,1H3,(H,37,38)/t24?,26-/m0/s1. The Kier molecular flexibility index (Phi) is 7.04. The molecule has 2 atom stereocenters. The zero-order valence-corrected chi connectivity index (χ0v) is 23.9. The molecule has 43 heavy (non-hydrogen) atoms. The summed E-state index contributed by atoms with van der Waals surface area (Å²) in [5.41, 5.74) is 5.80. The van der Waals surface area contributed by atoms with Gasteiger partial charge in [-0.25, -0.2) is 26.8 Å². The summed E-state index contributed by atoms with van der Waals surface area (Å²) in [6, 6.07) is 6.95. The van der Waals surface area contributed by atoms with Gasteiger partial charge in [-0.3, -0.25) is 9.69 Å². The van der Waals surface area contributed by atoms with Crippen molar-refractivity contribution in [1.82, 2.24) is 4.57 Å². The maximum Gasteiger partial charge on any atom is 0.414 e. The van der Waals surface area contributed by atoms with Crippen molar-refractivity contribution in [1.29, 1.82) is 0 Å². The molecule has 1 aliphatic carbocycles. The number of ether oxygens (including phenoxy) is 1. The van der Waals surface area contributed by atoms with Gasteiger partial charge < -0.3 is 29.9 Å². The van der Waals surface area contributed by atoms with Gasteiger partial charge in [0.25, 0.3) is 0 Å². The Labute approximate surface area is 244 Å². The maximum atomic E-state index is 15.3. The number of aromatic carboxylic acids is 1. The minimum atomic E-state index is -3.66. The molecule has 1 saturated carbocycles. The molecular formula is C28H29F2N5O7S. The van der Waals surface area contributed by atoms with Crippen molar-refractivity contribution in [3.05, 3.63) is 63.9 Å². The number of carboxylic acid groups (broad SMARTS) is 1. The number of hydrogen-bond acceptors (Lipinski definition) is 9. The first kappa shape index (κ1) is 28.9. The van der Waals surface area contributed by atoms with Crippen molar-refractivity contribution in [3.8, 4) is 0 Å². The number of hydrogen-bond donors (Lipinski definition) is 2. The van der Waals surface area contributed by atoms with Gasteiger partial charge in [0.05, 0.1) is 29.1 Å². The van der Waals surface area contributed by atoms with Gasteiger partial charge in [-0.15, -0.1) is 0 Å². The number of piperazine rings is 1. The molecule has 3 N–H and O–H groups in total. The number of aromatic nitrogens is 1. The predicted octanol–water partition coefficient (Wildman–Crippen LogP) is 2.29. The highest BCUT2D eigenvalue weighted by Crippen LogP contribution is 2.38. The minimum Gasteiger partial charge on any atom is -0.477 e. The predicted molar refractivity (Wildman–Crippen MR) is 155 cm³/mol. The lowest BCUT2D eigenvalue weighted by Gasteiger charge is -2.37. The van der Waals surface area contributed by atoms with Crippen molar-refractivity contribution in [3.63, 3.8) is 0 Å². The fourth-order valence-electron chi connectivity index (χ4n) is 5.66. The van der Waals surface area contributed by atoms with Gasteiger partial charge >= 0.3 is 12.1 Å². The van der Waals surface area contributed by atoms with Gasteiger partial charge in [-0.2, -0.15) is 0 Å². The Hall–Kier alpha value is -4.24. The molecule has 3 aliphatic rings. The lowest BCUT2D eigenvalue weighted by Crippen LogP contribution is -2.47. The van der Waals surface area contributed by atoms with Gasteiger partial charge in [-0.05, 0) is 43.2 Å². The summed E-state index contributed by atoms with van der Waals surface area (Å²) in [6.07, 6.45) is 2.03. The SMILES string of the molecule is CS(=O)(=O)[C@H](N)C1CN(c2ccc(N3CCN(c4cc5c(cc4F)c(=O)c(C(=O)O)cn5C4CC4)CC3)c(F)c2)C(=O)O1. The van der Waals surface area contributed by atoms with Crippen LogP contribution in [0.5, 0.6) is 0 Å². The van der Waals surface area contributed by atoms with Gasteiger partial charge in [0, 0.05) is 50.1 Å². The van der Waals surface area contributed by atoms with Crippen LogP contribution in [0.4, 0.5) is 30.6 Å². The van der Waals surface area contributed by atoms with Gasteiger partial charge in [0.15, 0.2) is 15.9 Å². The summed E-state index contributed by atoms with van der Waals surface area (Å²) in [5.74, 6) is -2.61. The zero-order valence-electron chi connectivity index (χ0n) is 23.1. The summed E-state index contributed by atoms with van der Waals surface area (Å²) < 4.78 is 61.0. The van der Waals surface area contributed by atoms with E-state index in [9.17, 15) is 27.9 Å². The number of carbonyl (C=O) groups excluding carboxylic acids is 1. The Balaban J connectivity index is 1.19. The third kappa shape index (κ3) is 5.27. The molecular weight excluding hydrogens is 588 g/mol. The number of anilines is 3. The average molecular weight is 618 g/mol. The quantitative estimate of drug-likeness (QED) is 0.404. The van der Waals surface area contributed by atoms with Crippen LogP contribution in [0.2, 0.25) is 0 Å². The number of amides is 1. The molecule has 6 rings (SSSR count). The minimum absolute atomic E-state index is 0.0142. The number of nitrogens with two attached hydrogens (primary N) is 1. The van der Waals surface area contributed by atoms with Gasteiger partial charge in [0.2, 0.25) is 5.43 Å².